The van der Waals surface area contributed by atoms with Crippen LogP contribution in [0.4, 0.5) is 0 Å². The van der Waals surface area contributed by atoms with Gasteiger partial charge in [0, 0.05) is 0 Å². The first kappa shape index (κ1) is 15.2. The Hall–Kier alpha value is 0.729. The van der Waals surface area contributed by atoms with Crippen LogP contribution in [0.25, 0.3) is 0 Å². The minimum Gasteiger partial charge on any atom is -0.147 e. The molecule has 0 aliphatic carbocycles. The van der Waals surface area contributed by atoms with Gasteiger partial charge in [0.2, 0.25) is 0 Å². The van der Waals surface area contributed by atoms with Gasteiger partial charge in [-0.25, -0.2) is 0 Å². The molecule has 0 radical (unpaired) electrons. The molecule has 2 nitrogen and oxygen atoms in total. The van der Waals surface area contributed by atoms with Crippen molar-refractivity contribution in [1.29, 1.82) is 0 Å². The van der Waals surface area contributed by atoms with Crippen LogP contribution in [-0.4, -0.2) is 11.2 Å². The number of rotatable bonds is 2. The summed E-state index contributed by atoms with van der Waals surface area (Å²) in [5, 5.41) is 0. The van der Waals surface area contributed by atoms with Crippen molar-refractivity contribution < 1.29 is 23.3 Å². The summed E-state index contributed by atoms with van der Waals surface area (Å²) in [5.41, 5.74) is -0.212. The van der Waals surface area contributed by atoms with Crippen molar-refractivity contribution >= 4 is 12.4 Å². The molecular weight excluding hydrogens is 219 g/mol. The van der Waals surface area contributed by atoms with Crippen molar-refractivity contribution in [1.82, 2.24) is 0 Å². The Morgan fingerprint density at radius 2 is 1.00 bits per heavy atom. The summed E-state index contributed by atoms with van der Waals surface area (Å²) in [6.07, 6.45) is 0. The summed E-state index contributed by atoms with van der Waals surface area (Å²) in [4.78, 5) is 0. The van der Waals surface area contributed by atoms with Crippen LogP contribution in [0.15, 0.2) is 0 Å². The summed E-state index contributed by atoms with van der Waals surface area (Å²) in [6.45, 7) is 12.1. The molecule has 0 saturated carbocycles. The molecule has 0 unspecified atom stereocenters. The number of hydrogen-bond acceptors (Lipinski definition) is 2. The van der Waals surface area contributed by atoms with E-state index in [2.05, 4.69) is 0 Å². The monoisotopic (exact) mass is 238 g/mol. The van der Waals surface area contributed by atoms with E-state index >= 15 is 0 Å². The molecule has 0 N–H and O–H groups in total. The smallest absolute Gasteiger partial charge is 0.147 e. The van der Waals surface area contributed by atoms with Crippen LogP contribution < -0.4 is 0 Å². The fraction of sp³-hybridized carbons (Fsp3) is 1.00. The molecule has 0 atom stereocenters. The van der Waals surface area contributed by atoms with Crippen molar-refractivity contribution in [3.63, 3.8) is 0 Å². The molecule has 0 fully saturated rings. The van der Waals surface area contributed by atoms with Crippen LogP contribution in [0.3, 0.4) is 0 Å². The molecular formula is C8H19ClFeO2. The van der Waals surface area contributed by atoms with E-state index in [1.165, 1.54) is 0 Å². The number of halogens is 1. The SMILES string of the molecule is CC(C)(C)[O][Fe][O]C(C)(C)C.Cl. The summed E-state index contributed by atoms with van der Waals surface area (Å²) in [6, 6.07) is 0. The predicted molar refractivity (Wildman–Crippen MR) is 48.9 cm³/mol. The van der Waals surface area contributed by atoms with Crippen molar-refractivity contribution in [2.75, 3.05) is 0 Å². The molecule has 4 heteroatoms. The van der Waals surface area contributed by atoms with E-state index in [4.69, 9.17) is 7.64 Å². The van der Waals surface area contributed by atoms with Gasteiger partial charge in [0.25, 0.3) is 0 Å². The van der Waals surface area contributed by atoms with E-state index in [9.17, 15) is 0 Å². The molecule has 0 spiro atoms. The Morgan fingerprint density at radius 3 is 1.17 bits per heavy atom. The normalized spacial score (nSPS) is 12.8. The molecule has 0 bridgehead atoms. The van der Waals surface area contributed by atoms with Crippen molar-refractivity contribution in [2.24, 2.45) is 0 Å². The van der Waals surface area contributed by atoms with Crippen LogP contribution in [0.5, 0.6) is 0 Å². The first-order valence-corrected chi connectivity index (χ1v) is 4.60. The molecule has 0 aliphatic heterocycles. The van der Waals surface area contributed by atoms with Gasteiger partial charge in [-0.15, -0.1) is 12.4 Å². The van der Waals surface area contributed by atoms with Crippen LogP contribution in [0.1, 0.15) is 41.5 Å². The second kappa shape index (κ2) is 5.46. The number of hydrogen-bond donors (Lipinski definition) is 0. The second-order valence-electron chi connectivity index (χ2n) is 4.43. The van der Waals surface area contributed by atoms with Gasteiger partial charge in [-0.1, -0.05) is 0 Å². The van der Waals surface area contributed by atoms with Crippen LogP contribution in [0.2, 0.25) is 0 Å². The third kappa shape index (κ3) is 13.3. The van der Waals surface area contributed by atoms with Crippen molar-refractivity contribution in [3.8, 4) is 0 Å². The Bertz CT molecular complexity index is 101. The summed E-state index contributed by atoms with van der Waals surface area (Å²) >= 11 is 0.368. The molecule has 12 heavy (non-hydrogen) atoms. The molecule has 0 amide bonds. The molecule has 0 rings (SSSR count). The van der Waals surface area contributed by atoms with E-state index in [1.54, 1.807) is 0 Å². The molecule has 0 heterocycles. The van der Waals surface area contributed by atoms with Gasteiger partial charge in [0.15, 0.2) is 0 Å². The third-order valence-electron chi connectivity index (χ3n) is 0.492. The second-order valence-corrected chi connectivity index (χ2v) is 5.06. The van der Waals surface area contributed by atoms with Crippen LogP contribution in [0, 0.1) is 0 Å². The van der Waals surface area contributed by atoms with E-state index in [1.807, 2.05) is 41.5 Å². The molecule has 0 saturated heterocycles. The van der Waals surface area contributed by atoms with Crippen LogP contribution >= 0.6 is 12.4 Å². The van der Waals surface area contributed by atoms with Gasteiger partial charge >= 0.3 is 76.0 Å². The Balaban J connectivity index is 0. The zero-order valence-electron chi connectivity index (χ0n) is 8.58. The molecule has 78 valence electrons. The molecule has 0 aromatic carbocycles. The minimum absolute atomic E-state index is 0. The zero-order chi connectivity index (χ0) is 9.12. The Morgan fingerprint density at radius 1 is 0.750 bits per heavy atom. The van der Waals surface area contributed by atoms with Gasteiger partial charge in [-0.2, -0.15) is 0 Å². The minimum atomic E-state index is -0.106. The zero-order valence-corrected chi connectivity index (χ0v) is 10.5. The maximum absolute atomic E-state index is 5.38. The largest absolute Gasteiger partial charge is 0.147 e. The van der Waals surface area contributed by atoms with Gasteiger partial charge in [0.1, 0.15) is 0 Å². The fourth-order valence-electron chi connectivity index (χ4n) is 0.192. The van der Waals surface area contributed by atoms with Gasteiger partial charge < -0.3 is 0 Å². The molecule has 0 aliphatic rings. The van der Waals surface area contributed by atoms with E-state index in [0.29, 0.717) is 15.6 Å². The molecule has 0 aromatic rings. The Kier molecular flexibility index (Phi) is 6.92. The Labute approximate surface area is 88.6 Å². The molecule has 0 aromatic heterocycles. The maximum Gasteiger partial charge on any atom is -0.147 e. The summed E-state index contributed by atoms with van der Waals surface area (Å²) in [7, 11) is 0. The standard InChI is InChI=1S/2C4H9O.ClH.Fe/c2*1-4(2,3)5;;/h2*1-3H3;1H;/q2*-1;;+2. The quantitative estimate of drug-likeness (QED) is 0.689. The summed E-state index contributed by atoms with van der Waals surface area (Å²) < 4.78 is 10.8. The van der Waals surface area contributed by atoms with Crippen molar-refractivity contribution in [3.05, 3.63) is 0 Å². The maximum atomic E-state index is 5.38. The van der Waals surface area contributed by atoms with E-state index in [-0.39, 0.29) is 23.6 Å². The van der Waals surface area contributed by atoms with Gasteiger partial charge in [-0.05, 0) is 0 Å². The average molecular weight is 239 g/mol. The first-order chi connectivity index (χ1) is 4.71. The van der Waals surface area contributed by atoms with Crippen molar-refractivity contribution in [2.45, 2.75) is 52.7 Å². The van der Waals surface area contributed by atoms with E-state index < -0.39 is 0 Å². The fourth-order valence-corrected chi connectivity index (χ4v) is 0.790. The predicted octanol–water partition coefficient (Wildman–Crippen LogP) is 2.95. The average Bonchev–Trinajstić information content (AvgIpc) is 1.55. The van der Waals surface area contributed by atoms with Crippen LogP contribution in [-0.2, 0) is 23.3 Å². The van der Waals surface area contributed by atoms with Gasteiger partial charge in [-0.3, -0.25) is 0 Å². The van der Waals surface area contributed by atoms with E-state index in [0.717, 1.165) is 0 Å². The first-order valence-electron chi connectivity index (χ1n) is 3.70. The summed E-state index contributed by atoms with van der Waals surface area (Å²) in [5.74, 6) is 0. The third-order valence-corrected chi connectivity index (χ3v) is 2.03. The van der Waals surface area contributed by atoms with Gasteiger partial charge in [0.05, 0.1) is 0 Å². The topological polar surface area (TPSA) is 18.5 Å².